The molecule has 7 heteroatoms. The van der Waals surface area contributed by atoms with Gasteiger partial charge in [0.2, 0.25) is 5.88 Å². The van der Waals surface area contributed by atoms with Gasteiger partial charge in [0.1, 0.15) is 6.10 Å². The van der Waals surface area contributed by atoms with E-state index >= 15 is 0 Å². The minimum atomic E-state index is -4.46. The predicted octanol–water partition coefficient (Wildman–Crippen LogP) is 1.77. The molecular weight excluding hydrogens is 247 g/mol. The van der Waals surface area contributed by atoms with Crippen LogP contribution in [-0.4, -0.2) is 28.2 Å². The molecule has 0 saturated carbocycles. The molecule has 0 amide bonds. The zero-order valence-electron chi connectivity index (χ0n) is 9.44. The maximum atomic E-state index is 12.3. The zero-order valence-corrected chi connectivity index (χ0v) is 9.44. The Labute approximate surface area is 102 Å². The quantitative estimate of drug-likeness (QED) is 0.879. The molecule has 2 fully saturated rings. The van der Waals surface area contributed by atoms with Crippen molar-refractivity contribution in [3.8, 4) is 5.88 Å². The number of aromatic nitrogens is 2. The number of halogens is 3. The topological polar surface area (TPSA) is 47.0 Å². The van der Waals surface area contributed by atoms with E-state index in [1.165, 1.54) is 0 Å². The molecule has 3 rings (SSSR count). The second-order valence-electron chi connectivity index (χ2n) is 4.68. The van der Waals surface area contributed by atoms with Crippen LogP contribution in [-0.2, 0) is 6.18 Å². The van der Waals surface area contributed by atoms with Crippen LogP contribution in [0.4, 0.5) is 13.2 Å². The van der Waals surface area contributed by atoms with Crippen LogP contribution in [0.5, 0.6) is 5.88 Å². The number of rotatable bonds is 2. The minimum Gasteiger partial charge on any atom is -0.472 e. The maximum absolute atomic E-state index is 12.3. The molecule has 3 atom stereocenters. The highest BCUT2D eigenvalue weighted by Crippen LogP contribution is 2.31. The van der Waals surface area contributed by atoms with Crippen molar-refractivity contribution >= 4 is 0 Å². The molecule has 0 aliphatic carbocycles. The Kier molecular flexibility index (Phi) is 2.65. The van der Waals surface area contributed by atoms with Gasteiger partial charge in [0.15, 0.2) is 5.69 Å². The lowest BCUT2D eigenvalue weighted by molar-refractivity contribution is -0.141. The molecule has 2 bridgehead atoms. The number of nitrogens with zero attached hydrogens (tertiary/aromatic N) is 2. The third-order valence-corrected chi connectivity index (χ3v) is 3.43. The lowest BCUT2D eigenvalue weighted by Gasteiger charge is -2.20. The molecule has 2 aliphatic rings. The van der Waals surface area contributed by atoms with Crippen molar-refractivity contribution in [2.45, 2.75) is 43.6 Å². The van der Waals surface area contributed by atoms with Crippen LogP contribution >= 0.6 is 0 Å². The molecule has 3 unspecified atom stereocenters. The molecule has 2 aliphatic heterocycles. The molecule has 0 spiro atoms. The number of hydrogen-bond acceptors (Lipinski definition) is 4. The Morgan fingerprint density at radius 2 is 2.06 bits per heavy atom. The summed E-state index contributed by atoms with van der Waals surface area (Å²) in [5.41, 5.74) is -0.999. The van der Waals surface area contributed by atoms with Crippen LogP contribution in [0.25, 0.3) is 0 Å². The fourth-order valence-corrected chi connectivity index (χ4v) is 2.58. The molecule has 1 aromatic rings. The molecule has 1 N–H and O–H groups in total. The van der Waals surface area contributed by atoms with E-state index in [9.17, 15) is 13.2 Å². The number of ether oxygens (including phenoxy) is 1. The minimum absolute atomic E-state index is 0.00483. The highest BCUT2D eigenvalue weighted by Gasteiger charge is 2.40. The number of alkyl halides is 3. The van der Waals surface area contributed by atoms with Crippen molar-refractivity contribution < 1.29 is 17.9 Å². The fourth-order valence-electron chi connectivity index (χ4n) is 2.58. The first-order valence-corrected chi connectivity index (χ1v) is 5.84. The lowest BCUT2D eigenvalue weighted by Crippen LogP contribution is -2.32. The van der Waals surface area contributed by atoms with E-state index in [0.29, 0.717) is 18.3 Å². The van der Waals surface area contributed by atoms with Crippen LogP contribution in [0.3, 0.4) is 0 Å². The van der Waals surface area contributed by atoms with E-state index in [4.69, 9.17) is 4.74 Å². The standard InChI is InChI=1S/C11H12F3N3O/c12-11(13,14)9-4-16-10(5-15-9)18-8-3-6-1-2-7(8)17-6/h4-8,17H,1-3H2. The summed E-state index contributed by atoms with van der Waals surface area (Å²) in [6.07, 6.45) is 0.347. The third-order valence-electron chi connectivity index (χ3n) is 3.43. The van der Waals surface area contributed by atoms with E-state index in [1.54, 1.807) is 0 Å². The van der Waals surface area contributed by atoms with E-state index in [1.807, 2.05) is 0 Å². The van der Waals surface area contributed by atoms with Crippen LogP contribution < -0.4 is 10.1 Å². The molecule has 4 nitrogen and oxygen atoms in total. The third kappa shape index (κ3) is 2.14. The predicted molar refractivity (Wildman–Crippen MR) is 56.0 cm³/mol. The molecular formula is C11H12F3N3O. The second kappa shape index (κ2) is 4.08. The summed E-state index contributed by atoms with van der Waals surface area (Å²) in [5, 5.41) is 3.38. The largest absolute Gasteiger partial charge is 0.472 e. The van der Waals surface area contributed by atoms with Crippen molar-refractivity contribution in [3.05, 3.63) is 18.1 Å². The van der Waals surface area contributed by atoms with Crippen molar-refractivity contribution in [1.29, 1.82) is 0 Å². The van der Waals surface area contributed by atoms with Crippen molar-refractivity contribution in [2.24, 2.45) is 0 Å². The lowest BCUT2D eigenvalue weighted by atomic mass is 9.98. The number of hydrogen-bond donors (Lipinski definition) is 1. The summed E-state index contributed by atoms with van der Waals surface area (Å²) < 4.78 is 42.5. The highest BCUT2D eigenvalue weighted by atomic mass is 19.4. The fraction of sp³-hybridized carbons (Fsp3) is 0.636. The van der Waals surface area contributed by atoms with Crippen LogP contribution in [0.15, 0.2) is 12.4 Å². The van der Waals surface area contributed by atoms with Gasteiger partial charge < -0.3 is 10.1 Å². The van der Waals surface area contributed by atoms with Crippen molar-refractivity contribution in [1.82, 2.24) is 15.3 Å². The first-order valence-electron chi connectivity index (χ1n) is 5.84. The summed E-state index contributed by atoms with van der Waals surface area (Å²) >= 11 is 0. The molecule has 2 saturated heterocycles. The van der Waals surface area contributed by atoms with E-state index in [2.05, 4.69) is 15.3 Å². The molecule has 0 aromatic carbocycles. The Bertz CT molecular complexity index is 434. The van der Waals surface area contributed by atoms with Gasteiger partial charge in [-0.2, -0.15) is 13.2 Å². The summed E-state index contributed by atoms with van der Waals surface area (Å²) in [6, 6.07) is 0.765. The number of fused-ring (bicyclic) bond motifs is 2. The van der Waals surface area contributed by atoms with Gasteiger partial charge in [0.25, 0.3) is 0 Å². The van der Waals surface area contributed by atoms with E-state index < -0.39 is 11.9 Å². The monoisotopic (exact) mass is 259 g/mol. The average Bonchev–Trinajstić information content (AvgIpc) is 2.90. The van der Waals surface area contributed by atoms with Crippen molar-refractivity contribution in [2.75, 3.05) is 0 Å². The Morgan fingerprint density at radius 1 is 1.22 bits per heavy atom. The molecule has 3 heterocycles. The first kappa shape index (κ1) is 11.7. The van der Waals surface area contributed by atoms with Gasteiger partial charge in [0.05, 0.1) is 12.4 Å². The highest BCUT2D eigenvalue weighted by molar-refractivity contribution is 5.11. The number of nitrogens with one attached hydrogen (secondary N) is 1. The smallest absolute Gasteiger partial charge is 0.434 e. The SMILES string of the molecule is FC(F)(F)c1cnc(OC2CC3CCC2N3)cn1. The zero-order chi connectivity index (χ0) is 12.8. The average molecular weight is 259 g/mol. The van der Waals surface area contributed by atoms with Gasteiger partial charge in [0, 0.05) is 18.5 Å². The van der Waals surface area contributed by atoms with Gasteiger partial charge in [-0.05, 0) is 12.8 Å². The molecule has 18 heavy (non-hydrogen) atoms. The van der Waals surface area contributed by atoms with Gasteiger partial charge in [-0.1, -0.05) is 0 Å². The van der Waals surface area contributed by atoms with E-state index in [0.717, 1.165) is 25.5 Å². The molecule has 98 valence electrons. The molecule has 0 radical (unpaired) electrons. The molecule has 1 aromatic heterocycles. The summed E-state index contributed by atoms with van der Waals surface area (Å²) in [5.74, 6) is 0.155. The maximum Gasteiger partial charge on any atom is 0.434 e. The summed E-state index contributed by atoms with van der Waals surface area (Å²) in [6.45, 7) is 0. The van der Waals surface area contributed by atoms with Gasteiger partial charge in [-0.15, -0.1) is 0 Å². The van der Waals surface area contributed by atoms with Gasteiger partial charge in [-0.3, -0.25) is 0 Å². The van der Waals surface area contributed by atoms with Crippen LogP contribution in [0.2, 0.25) is 0 Å². The second-order valence-corrected chi connectivity index (χ2v) is 4.68. The van der Waals surface area contributed by atoms with Gasteiger partial charge >= 0.3 is 6.18 Å². The van der Waals surface area contributed by atoms with Gasteiger partial charge in [-0.25, -0.2) is 9.97 Å². The summed E-state index contributed by atoms with van der Waals surface area (Å²) in [7, 11) is 0. The Balaban J connectivity index is 1.67. The normalized spacial score (nSPS) is 30.7. The van der Waals surface area contributed by atoms with Crippen molar-refractivity contribution in [3.63, 3.8) is 0 Å². The summed E-state index contributed by atoms with van der Waals surface area (Å²) in [4.78, 5) is 6.98. The van der Waals surface area contributed by atoms with E-state index in [-0.39, 0.29) is 12.0 Å². The van der Waals surface area contributed by atoms with Crippen LogP contribution in [0.1, 0.15) is 25.0 Å². The first-order chi connectivity index (χ1) is 8.52. The Morgan fingerprint density at radius 3 is 2.56 bits per heavy atom. The van der Waals surface area contributed by atoms with Crippen LogP contribution in [0, 0.1) is 0 Å². The Hall–Kier alpha value is -1.37.